The van der Waals surface area contributed by atoms with Gasteiger partial charge in [0.05, 0.1) is 6.42 Å². The topological polar surface area (TPSA) is 79.4 Å². The Morgan fingerprint density at radius 3 is 2.55 bits per heavy atom. The van der Waals surface area contributed by atoms with Crippen molar-refractivity contribution in [3.8, 4) is 0 Å². The standard InChI is InChI=1S/C20H21N3O3S3/c24-18(22-20-21-14-17(28-20)12-15-6-2-1-3-7-15)13-16-8-9-19(27-16)29(25,26)23-10-4-5-11-23/h1-3,6-9,14H,4-5,10-13H2,(H,21,22,24). The van der Waals surface area contributed by atoms with Gasteiger partial charge in [-0.3, -0.25) is 4.79 Å². The van der Waals surface area contributed by atoms with Crippen LogP contribution in [0.2, 0.25) is 0 Å². The van der Waals surface area contributed by atoms with E-state index in [1.54, 1.807) is 18.3 Å². The van der Waals surface area contributed by atoms with Crippen molar-refractivity contribution in [3.05, 3.63) is 64.0 Å². The molecule has 0 bridgehead atoms. The van der Waals surface area contributed by atoms with Crippen molar-refractivity contribution in [1.82, 2.24) is 9.29 Å². The fraction of sp³-hybridized carbons (Fsp3) is 0.300. The molecule has 6 nitrogen and oxygen atoms in total. The number of carbonyl (C=O) groups excluding carboxylic acids is 1. The van der Waals surface area contributed by atoms with Crippen LogP contribution in [-0.2, 0) is 27.7 Å². The molecule has 0 atom stereocenters. The maximum absolute atomic E-state index is 12.6. The van der Waals surface area contributed by atoms with Gasteiger partial charge in [-0.25, -0.2) is 13.4 Å². The van der Waals surface area contributed by atoms with E-state index in [2.05, 4.69) is 22.4 Å². The molecule has 3 heterocycles. The van der Waals surface area contributed by atoms with Crippen LogP contribution in [0.3, 0.4) is 0 Å². The maximum Gasteiger partial charge on any atom is 0.252 e. The average molecular weight is 448 g/mol. The molecule has 1 amide bonds. The zero-order chi connectivity index (χ0) is 20.3. The number of anilines is 1. The third kappa shape index (κ3) is 4.92. The van der Waals surface area contributed by atoms with Crippen LogP contribution < -0.4 is 5.32 Å². The number of thiazole rings is 1. The summed E-state index contributed by atoms with van der Waals surface area (Å²) in [5, 5.41) is 3.37. The molecular formula is C20H21N3O3S3. The first kappa shape index (κ1) is 20.2. The number of sulfonamides is 1. The quantitative estimate of drug-likeness (QED) is 0.598. The number of aromatic nitrogens is 1. The summed E-state index contributed by atoms with van der Waals surface area (Å²) in [6.45, 7) is 1.15. The number of nitrogens with one attached hydrogen (secondary N) is 1. The van der Waals surface area contributed by atoms with Crippen molar-refractivity contribution in [1.29, 1.82) is 0 Å². The number of amides is 1. The summed E-state index contributed by atoms with van der Waals surface area (Å²) in [4.78, 5) is 18.4. The van der Waals surface area contributed by atoms with Gasteiger partial charge in [0.2, 0.25) is 5.91 Å². The highest BCUT2D eigenvalue weighted by molar-refractivity contribution is 7.91. The second kappa shape index (κ2) is 8.74. The Bertz CT molecular complexity index is 1080. The summed E-state index contributed by atoms with van der Waals surface area (Å²) >= 11 is 2.62. The first-order chi connectivity index (χ1) is 14.0. The lowest BCUT2D eigenvalue weighted by atomic mass is 10.1. The Labute approximate surface area is 178 Å². The first-order valence-corrected chi connectivity index (χ1v) is 12.5. The highest BCUT2D eigenvalue weighted by Crippen LogP contribution is 2.28. The van der Waals surface area contributed by atoms with Gasteiger partial charge < -0.3 is 5.32 Å². The van der Waals surface area contributed by atoms with Crippen LogP contribution in [-0.4, -0.2) is 36.7 Å². The van der Waals surface area contributed by atoms with Gasteiger partial charge in [-0.1, -0.05) is 30.3 Å². The van der Waals surface area contributed by atoms with Gasteiger partial charge in [0.1, 0.15) is 4.21 Å². The van der Waals surface area contributed by atoms with Crippen LogP contribution in [0.4, 0.5) is 5.13 Å². The van der Waals surface area contributed by atoms with E-state index in [4.69, 9.17) is 0 Å². The molecule has 1 fully saturated rings. The van der Waals surface area contributed by atoms with E-state index in [9.17, 15) is 13.2 Å². The maximum atomic E-state index is 12.6. The summed E-state index contributed by atoms with van der Waals surface area (Å²) in [5.74, 6) is -0.197. The molecule has 9 heteroatoms. The van der Waals surface area contributed by atoms with Gasteiger partial charge in [0, 0.05) is 35.5 Å². The van der Waals surface area contributed by atoms with Gasteiger partial charge in [0.15, 0.2) is 5.13 Å². The Balaban J connectivity index is 1.35. The van der Waals surface area contributed by atoms with Gasteiger partial charge >= 0.3 is 0 Å². The van der Waals surface area contributed by atoms with Gasteiger partial charge in [-0.2, -0.15) is 4.31 Å². The monoisotopic (exact) mass is 447 g/mol. The van der Waals surface area contributed by atoms with Crippen molar-refractivity contribution in [2.45, 2.75) is 29.9 Å². The zero-order valence-electron chi connectivity index (χ0n) is 15.7. The van der Waals surface area contributed by atoms with E-state index < -0.39 is 10.0 Å². The highest BCUT2D eigenvalue weighted by Gasteiger charge is 2.28. The van der Waals surface area contributed by atoms with Crippen LogP contribution in [0.25, 0.3) is 0 Å². The van der Waals surface area contributed by atoms with Crippen LogP contribution in [0.1, 0.15) is 28.2 Å². The molecule has 1 aliphatic heterocycles. The van der Waals surface area contributed by atoms with Crippen molar-refractivity contribution < 1.29 is 13.2 Å². The Kier molecular flexibility index (Phi) is 6.09. The van der Waals surface area contributed by atoms with E-state index >= 15 is 0 Å². The summed E-state index contributed by atoms with van der Waals surface area (Å²) < 4.78 is 27.0. The smallest absolute Gasteiger partial charge is 0.252 e. The molecule has 1 aromatic carbocycles. The molecule has 1 N–H and O–H groups in total. The van der Waals surface area contributed by atoms with Crippen molar-refractivity contribution in [2.75, 3.05) is 18.4 Å². The van der Waals surface area contributed by atoms with Crippen LogP contribution in [0.15, 0.2) is 52.9 Å². The molecule has 152 valence electrons. The number of hydrogen-bond acceptors (Lipinski definition) is 6. The number of hydrogen-bond donors (Lipinski definition) is 1. The molecule has 29 heavy (non-hydrogen) atoms. The average Bonchev–Trinajstić information content (AvgIpc) is 3.45. The lowest BCUT2D eigenvalue weighted by molar-refractivity contribution is -0.115. The molecule has 4 rings (SSSR count). The lowest BCUT2D eigenvalue weighted by Gasteiger charge is -2.13. The van der Waals surface area contributed by atoms with Gasteiger partial charge in [0.25, 0.3) is 10.0 Å². The molecule has 3 aromatic rings. The predicted molar refractivity (Wildman–Crippen MR) is 116 cm³/mol. The summed E-state index contributed by atoms with van der Waals surface area (Å²) in [7, 11) is -3.43. The molecule has 1 aliphatic rings. The lowest BCUT2D eigenvalue weighted by Crippen LogP contribution is -2.27. The molecule has 0 saturated carbocycles. The summed E-state index contributed by atoms with van der Waals surface area (Å²) in [6.07, 6.45) is 4.49. The first-order valence-electron chi connectivity index (χ1n) is 9.38. The second-order valence-electron chi connectivity index (χ2n) is 6.85. The minimum absolute atomic E-state index is 0.133. The Morgan fingerprint density at radius 1 is 1.03 bits per heavy atom. The summed E-state index contributed by atoms with van der Waals surface area (Å²) in [6, 6.07) is 13.4. The zero-order valence-corrected chi connectivity index (χ0v) is 18.2. The van der Waals surface area contributed by atoms with E-state index in [-0.39, 0.29) is 12.3 Å². The fourth-order valence-corrected chi connectivity index (χ4v) is 7.10. The molecule has 0 unspecified atom stereocenters. The molecule has 2 aromatic heterocycles. The van der Waals surface area contributed by atoms with E-state index in [1.165, 1.54) is 32.5 Å². The van der Waals surface area contributed by atoms with Gasteiger partial charge in [-0.15, -0.1) is 22.7 Å². The highest BCUT2D eigenvalue weighted by atomic mass is 32.2. The number of thiophene rings is 1. The fourth-order valence-electron chi connectivity index (χ4n) is 3.21. The van der Waals surface area contributed by atoms with Crippen molar-refractivity contribution >= 4 is 43.7 Å². The van der Waals surface area contributed by atoms with Crippen molar-refractivity contribution in [2.24, 2.45) is 0 Å². The predicted octanol–water partition coefficient (Wildman–Crippen LogP) is 3.76. The molecule has 0 aliphatic carbocycles. The number of carbonyl (C=O) groups is 1. The largest absolute Gasteiger partial charge is 0.302 e. The van der Waals surface area contributed by atoms with Gasteiger partial charge in [-0.05, 0) is 30.5 Å². The molecule has 0 spiro atoms. The molecular weight excluding hydrogens is 426 g/mol. The number of rotatable bonds is 7. The molecule has 1 saturated heterocycles. The minimum Gasteiger partial charge on any atom is -0.302 e. The Hall–Kier alpha value is -2.07. The second-order valence-corrected chi connectivity index (χ2v) is 11.3. The molecule has 0 radical (unpaired) electrons. The van der Waals surface area contributed by atoms with E-state index in [0.29, 0.717) is 22.4 Å². The van der Waals surface area contributed by atoms with E-state index in [0.717, 1.165) is 29.0 Å². The summed E-state index contributed by atoms with van der Waals surface area (Å²) in [5.41, 5.74) is 1.19. The Morgan fingerprint density at radius 2 is 1.79 bits per heavy atom. The number of benzene rings is 1. The SMILES string of the molecule is O=C(Cc1ccc(S(=O)(=O)N2CCCC2)s1)Nc1ncc(Cc2ccccc2)s1. The van der Waals surface area contributed by atoms with Crippen molar-refractivity contribution in [3.63, 3.8) is 0 Å². The van der Waals surface area contributed by atoms with Crippen LogP contribution >= 0.6 is 22.7 Å². The third-order valence-electron chi connectivity index (χ3n) is 4.65. The van der Waals surface area contributed by atoms with E-state index in [1.807, 2.05) is 18.2 Å². The number of nitrogens with zero attached hydrogens (tertiary/aromatic N) is 2. The van der Waals surface area contributed by atoms with Crippen LogP contribution in [0, 0.1) is 0 Å². The van der Waals surface area contributed by atoms with Crippen LogP contribution in [0.5, 0.6) is 0 Å². The normalized spacial score (nSPS) is 14.9. The minimum atomic E-state index is -3.43. The third-order valence-corrected chi connectivity index (χ3v) is 9.02.